The van der Waals surface area contributed by atoms with Crippen LogP contribution in [0.3, 0.4) is 0 Å². The van der Waals surface area contributed by atoms with Crippen LogP contribution in [0.5, 0.6) is 0 Å². The number of halogens is 3. The van der Waals surface area contributed by atoms with Crippen molar-refractivity contribution in [2.75, 3.05) is 5.32 Å². The second-order valence-electron chi connectivity index (χ2n) is 4.30. The number of aromatic nitrogens is 4. The molecular formula is C11H14F3N5. The van der Waals surface area contributed by atoms with Crippen molar-refractivity contribution >= 4 is 5.82 Å². The van der Waals surface area contributed by atoms with Gasteiger partial charge in [-0.15, -0.1) is 0 Å². The van der Waals surface area contributed by atoms with Crippen LogP contribution >= 0.6 is 0 Å². The molecule has 0 unspecified atom stereocenters. The van der Waals surface area contributed by atoms with E-state index in [4.69, 9.17) is 0 Å². The molecule has 0 bridgehead atoms. The first-order valence-electron chi connectivity index (χ1n) is 5.61. The van der Waals surface area contributed by atoms with Gasteiger partial charge in [0.05, 0.1) is 18.4 Å². The first kappa shape index (κ1) is 13.4. The summed E-state index contributed by atoms with van der Waals surface area (Å²) >= 11 is 0. The van der Waals surface area contributed by atoms with Crippen LogP contribution in [0.4, 0.5) is 19.0 Å². The van der Waals surface area contributed by atoms with Gasteiger partial charge in [0.25, 0.3) is 0 Å². The van der Waals surface area contributed by atoms with Crippen molar-refractivity contribution in [3.63, 3.8) is 0 Å². The summed E-state index contributed by atoms with van der Waals surface area (Å²) in [7, 11) is 3.25. The van der Waals surface area contributed by atoms with Gasteiger partial charge in [0.15, 0.2) is 5.69 Å². The number of nitrogens with one attached hydrogen (secondary N) is 1. The van der Waals surface area contributed by atoms with E-state index in [0.717, 1.165) is 17.4 Å². The number of hydrogen-bond donors (Lipinski definition) is 1. The Kier molecular flexibility index (Phi) is 3.25. The van der Waals surface area contributed by atoms with E-state index in [1.165, 1.54) is 11.7 Å². The maximum atomic E-state index is 12.5. The van der Waals surface area contributed by atoms with Crippen LogP contribution in [-0.4, -0.2) is 19.6 Å². The largest absolute Gasteiger partial charge is 0.435 e. The van der Waals surface area contributed by atoms with Crippen LogP contribution in [0.15, 0.2) is 12.3 Å². The fourth-order valence-corrected chi connectivity index (χ4v) is 1.79. The highest BCUT2D eigenvalue weighted by Crippen LogP contribution is 2.28. The minimum atomic E-state index is -4.42. The molecule has 19 heavy (non-hydrogen) atoms. The maximum Gasteiger partial charge on any atom is 0.435 e. The van der Waals surface area contributed by atoms with Crippen molar-refractivity contribution in [2.24, 2.45) is 14.1 Å². The molecule has 2 aromatic heterocycles. The quantitative estimate of drug-likeness (QED) is 0.931. The highest BCUT2D eigenvalue weighted by atomic mass is 19.4. The summed E-state index contributed by atoms with van der Waals surface area (Å²) in [5.41, 5.74) is 0.502. The van der Waals surface area contributed by atoms with E-state index in [1.807, 2.05) is 6.92 Å². The Labute approximate surface area is 108 Å². The monoisotopic (exact) mass is 273 g/mol. The van der Waals surface area contributed by atoms with E-state index < -0.39 is 11.9 Å². The molecule has 5 nitrogen and oxygen atoms in total. The van der Waals surface area contributed by atoms with Crippen molar-refractivity contribution in [2.45, 2.75) is 19.6 Å². The van der Waals surface area contributed by atoms with Gasteiger partial charge in [0.1, 0.15) is 5.82 Å². The Bertz CT molecular complexity index is 562. The van der Waals surface area contributed by atoms with Gasteiger partial charge in [0, 0.05) is 19.7 Å². The van der Waals surface area contributed by atoms with E-state index in [-0.39, 0.29) is 6.54 Å². The third kappa shape index (κ3) is 2.72. The molecule has 0 radical (unpaired) electrons. The maximum absolute atomic E-state index is 12.5. The Balaban J connectivity index is 2.14. The lowest BCUT2D eigenvalue weighted by Crippen LogP contribution is -2.09. The Morgan fingerprint density at radius 2 is 1.95 bits per heavy atom. The van der Waals surface area contributed by atoms with Crippen molar-refractivity contribution in [1.29, 1.82) is 0 Å². The van der Waals surface area contributed by atoms with Crippen molar-refractivity contribution in [3.8, 4) is 0 Å². The molecule has 0 amide bonds. The zero-order valence-electron chi connectivity index (χ0n) is 10.8. The van der Waals surface area contributed by atoms with Gasteiger partial charge < -0.3 is 5.32 Å². The lowest BCUT2D eigenvalue weighted by atomic mass is 10.3. The molecule has 0 aliphatic heterocycles. The SMILES string of the molecule is Cc1cnn(C)c1NCc1cc(C(F)(F)F)nn1C. The molecule has 0 aliphatic carbocycles. The number of anilines is 1. The van der Waals surface area contributed by atoms with Gasteiger partial charge in [-0.05, 0) is 13.0 Å². The van der Waals surface area contributed by atoms with E-state index in [1.54, 1.807) is 17.9 Å². The molecule has 104 valence electrons. The number of nitrogens with zero attached hydrogens (tertiary/aromatic N) is 4. The molecule has 2 heterocycles. The molecule has 0 spiro atoms. The zero-order chi connectivity index (χ0) is 14.2. The molecule has 0 fully saturated rings. The fourth-order valence-electron chi connectivity index (χ4n) is 1.79. The van der Waals surface area contributed by atoms with Crippen LogP contribution in [0.1, 0.15) is 17.0 Å². The molecule has 2 rings (SSSR count). The van der Waals surface area contributed by atoms with Gasteiger partial charge >= 0.3 is 6.18 Å². The topological polar surface area (TPSA) is 47.7 Å². The van der Waals surface area contributed by atoms with E-state index in [0.29, 0.717) is 5.69 Å². The summed E-state index contributed by atoms with van der Waals surface area (Å²) in [6.45, 7) is 2.12. The third-order valence-electron chi connectivity index (χ3n) is 2.83. The molecule has 8 heteroatoms. The van der Waals surface area contributed by atoms with Crippen LogP contribution in [0.2, 0.25) is 0 Å². The summed E-state index contributed by atoms with van der Waals surface area (Å²) < 4.78 is 40.4. The van der Waals surface area contributed by atoms with Gasteiger partial charge in [0.2, 0.25) is 0 Å². The second-order valence-corrected chi connectivity index (χ2v) is 4.30. The van der Waals surface area contributed by atoms with E-state index in [9.17, 15) is 13.2 Å². The van der Waals surface area contributed by atoms with Crippen molar-refractivity contribution in [3.05, 3.63) is 29.2 Å². The Hall–Kier alpha value is -1.99. The number of hydrogen-bond acceptors (Lipinski definition) is 3. The Morgan fingerprint density at radius 1 is 1.26 bits per heavy atom. The summed E-state index contributed by atoms with van der Waals surface area (Å²) in [6, 6.07) is 1.04. The molecule has 0 saturated carbocycles. The average molecular weight is 273 g/mol. The third-order valence-corrected chi connectivity index (χ3v) is 2.83. The minimum Gasteiger partial charge on any atom is -0.364 e. The average Bonchev–Trinajstić information content (AvgIpc) is 2.81. The number of alkyl halides is 3. The lowest BCUT2D eigenvalue weighted by Gasteiger charge is -2.07. The van der Waals surface area contributed by atoms with Crippen molar-refractivity contribution < 1.29 is 13.2 Å². The van der Waals surface area contributed by atoms with Gasteiger partial charge in [-0.2, -0.15) is 23.4 Å². The predicted octanol–water partition coefficient (Wildman–Crippen LogP) is 2.09. The highest BCUT2D eigenvalue weighted by molar-refractivity contribution is 5.43. The molecule has 0 aliphatic rings. The predicted molar refractivity (Wildman–Crippen MR) is 63.5 cm³/mol. The van der Waals surface area contributed by atoms with Crippen LogP contribution in [-0.2, 0) is 26.8 Å². The van der Waals surface area contributed by atoms with Crippen LogP contribution < -0.4 is 5.32 Å². The molecule has 2 aromatic rings. The summed E-state index contributed by atoms with van der Waals surface area (Å²) in [4.78, 5) is 0. The van der Waals surface area contributed by atoms with E-state index >= 15 is 0 Å². The fraction of sp³-hybridized carbons (Fsp3) is 0.455. The van der Waals surface area contributed by atoms with Crippen LogP contribution in [0, 0.1) is 6.92 Å². The normalized spacial score (nSPS) is 11.9. The van der Waals surface area contributed by atoms with Gasteiger partial charge in [-0.25, -0.2) is 0 Å². The highest BCUT2D eigenvalue weighted by Gasteiger charge is 2.34. The van der Waals surface area contributed by atoms with E-state index in [2.05, 4.69) is 15.5 Å². The summed E-state index contributed by atoms with van der Waals surface area (Å²) in [5, 5.41) is 10.6. The standard InChI is InChI=1S/C11H14F3N5/c1-7-5-16-19(3)10(7)15-6-8-4-9(11(12,13)14)17-18(8)2/h4-5,15H,6H2,1-3H3. The van der Waals surface area contributed by atoms with Crippen molar-refractivity contribution in [1.82, 2.24) is 19.6 Å². The summed E-state index contributed by atoms with van der Waals surface area (Å²) in [6.07, 6.45) is -2.73. The minimum absolute atomic E-state index is 0.250. The second kappa shape index (κ2) is 4.60. The molecule has 0 aromatic carbocycles. The Morgan fingerprint density at radius 3 is 2.42 bits per heavy atom. The summed E-state index contributed by atoms with van der Waals surface area (Å²) in [5.74, 6) is 0.773. The number of aryl methyl sites for hydroxylation is 3. The van der Waals surface area contributed by atoms with Gasteiger partial charge in [-0.1, -0.05) is 0 Å². The molecule has 0 atom stereocenters. The van der Waals surface area contributed by atoms with Gasteiger partial charge in [-0.3, -0.25) is 9.36 Å². The molecular weight excluding hydrogens is 259 g/mol. The smallest absolute Gasteiger partial charge is 0.364 e. The number of rotatable bonds is 3. The first-order valence-corrected chi connectivity index (χ1v) is 5.61. The molecule has 1 N–H and O–H groups in total. The zero-order valence-corrected chi connectivity index (χ0v) is 10.8. The van der Waals surface area contributed by atoms with Crippen LogP contribution in [0.25, 0.3) is 0 Å². The molecule has 0 saturated heterocycles. The first-order chi connectivity index (χ1) is 8.79. The lowest BCUT2D eigenvalue weighted by molar-refractivity contribution is -0.141.